The van der Waals surface area contributed by atoms with Crippen LogP contribution in [0.2, 0.25) is 0 Å². The quantitative estimate of drug-likeness (QED) is 0.530. The van der Waals surface area contributed by atoms with Gasteiger partial charge in [0, 0.05) is 57.4 Å². The summed E-state index contributed by atoms with van der Waals surface area (Å²) >= 11 is 0. The van der Waals surface area contributed by atoms with Gasteiger partial charge >= 0.3 is 0 Å². The summed E-state index contributed by atoms with van der Waals surface area (Å²) in [5, 5.41) is 7.15. The molecular formula is C23H41N5. The number of nitrogens with one attached hydrogen (secondary N) is 2. The molecule has 1 aromatic carbocycles. The highest BCUT2D eigenvalue weighted by Gasteiger charge is 2.26. The van der Waals surface area contributed by atoms with Gasteiger partial charge in [-0.3, -0.25) is 14.8 Å². The van der Waals surface area contributed by atoms with Crippen LogP contribution in [0, 0.1) is 0 Å². The van der Waals surface area contributed by atoms with Gasteiger partial charge in [0.25, 0.3) is 0 Å². The van der Waals surface area contributed by atoms with Crippen molar-refractivity contribution in [1.82, 2.24) is 20.4 Å². The van der Waals surface area contributed by atoms with Gasteiger partial charge in [0.2, 0.25) is 0 Å². The van der Waals surface area contributed by atoms with Crippen LogP contribution in [0.1, 0.15) is 53.0 Å². The van der Waals surface area contributed by atoms with Crippen LogP contribution in [0.3, 0.4) is 0 Å². The van der Waals surface area contributed by atoms with E-state index in [4.69, 9.17) is 0 Å². The molecule has 28 heavy (non-hydrogen) atoms. The number of nitrogens with zero attached hydrogens (tertiary/aromatic N) is 3. The summed E-state index contributed by atoms with van der Waals surface area (Å²) in [7, 11) is 1.87. The molecule has 1 saturated heterocycles. The number of piperidine rings is 1. The molecule has 0 saturated carbocycles. The van der Waals surface area contributed by atoms with Gasteiger partial charge in [0.1, 0.15) is 0 Å². The molecule has 2 atom stereocenters. The lowest BCUT2D eigenvalue weighted by Crippen LogP contribution is -2.52. The summed E-state index contributed by atoms with van der Waals surface area (Å²) in [6, 6.07) is 13.0. The van der Waals surface area contributed by atoms with Gasteiger partial charge in [-0.1, -0.05) is 30.3 Å². The van der Waals surface area contributed by atoms with Crippen LogP contribution in [-0.2, 0) is 6.54 Å². The minimum atomic E-state index is 0.486. The lowest BCUT2D eigenvalue weighted by atomic mass is 9.97. The first kappa shape index (κ1) is 22.7. The van der Waals surface area contributed by atoms with Crippen molar-refractivity contribution in [2.45, 2.75) is 78.2 Å². The van der Waals surface area contributed by atoms with Crippen molar-refractivity contribution in [3.63, 3.8) is 0 Å². The summed E-state index contributed by atoms with van der Waals surface area (Å²) in [4.78, 5) is 9.54. The fourth-order valence-electron chi connectivity index (χ4n) is 4.21. The summed E-state index contributed by atoms with van der Waals surface area (Å²) in [6.45, 7) is 15.5. The molecule has 5 heteroatoms. The Kier molecular flexibility index (Phi) is 9.26. The van der Waals surface area contributed by atoms with E-state index in [1.165, 1.54) is 5.56 Å². The Labute approximate surface area is 172 Å². The SMILES string of the molecule is CN=C(NCCN(C(C)C)C(C)C)NC1CCN(Cc2ccccc2)C(C)C1. The minimum absolute atomic E-state index is 0.486. The molecule has 0 aromatic heterocycles. The van der Waals surface area contributed by atoms with E-state index in [0.29, 0.717) is 24.2 Å². The third kappa shape index (κ3) is 7.10. The van der Waals surface area contributed by atoms with E-state index in [2.05, 4.69) is 90.4 Å². The molecule has 5 nitrogen and oxygen atoms in total. The van der Waals surface area contributed by atoms with E-state index in [1.54, 1.807) is 0 Å². The number of hydrogen-bond acceptors (Lipinski definition) is 3. The average Bonchev–Trinajstić information content (AvgIpc) is 2.66. The molecular weight excluding hydrogens is 346 g/mol. The van der Waals surface area contributed by atoms with Crippen LogP contribution >= 0.6 is 0 Å². The topological polar surface area (TPSA) is 42.9 Å². The Morgan fingerprint density at radius 3 is 2.43 bits per heavy atom. The maximum Gasteiger partial charge on any atom is 0.191 e. The number of guanidine groups is 1. The predicted molar refractivity (Wildman–Crippen MR) is 121 cm³/mol. The van der Waals surface area contributed by atoms with Gasteiger partial charge in [0.05, 0.1) is 0 Å². The Morgan fingerprint density at radius 1 is 1.18 bits per heavy atom. The van der Waals surface area contributed by atoms with Gasteiger partial charge in [-0.15, -0.1) is 0 Å². The first-order chi connectivity index (χ1) is 13.4. The highest BCUT2D eigenvalue weighted by Crippen LogP contribution is 2.19. The smallest absolute Gasteiger partial charge is 0.191 e. The fraction of sp³-hybridized carbons (Fsp3) is 0.696. The van der Waals surface area contributed by atoms with Crippen molar-refractivity contribution in [1.29, 1.82) is 0 Å². The molecule has 1 aliphatic heterocycles. The first-order valence-electron chi connectivity index (χ1n) is 10.9. The molecule has 2 N–H and O–H groups in total. The van der Waals surface area contributed by atoms with Crippen molar-refractivity contribution in [2.24, 2.45) is 4.99 Å². The molecule has 0 amide bonds. The molecule has 1 fully saturated rings. The fourth-order valence-corrected chi connectivity index (χ4v) is 4.21. The highest BCUT2D eigenvalue weighted by atomic mass is 15.2. The van der Waals surface area contributed by atoms with Crippen LogP contribution in [0.15, 0.2) is 35.3 Å². The zero-order chi connectivity index (χ0) is 20.5. The monoisotopic (exact) mass is 387 g/mol. The van der Waals surface area contributed by atoms with Crippen LogP contribution in [0.4, 0.5) is 0 Å². The molecule has 1 aromatic rings. The standard InChI is InChI=1S/C23H41N5/c1-18(2)28(19(3)4)15-13-25-23(24-6)26-22-12-14-27(20(5)16-22)17-21-10-8-7-9-11-21/h7-11,18-20,22H,12-17H2,1-6H3,(H2,24,25,26). The maximum atomic E-state index is 4.44. The van der Waals surface area contributed by atoms with Crippen LogP contribution < -0.4 is 10.6 Å². The second-order valence-electron chi connectivity index (χ2n) is 8.60. The Hall–Kier alpha value is -1.59. The second-order valence-corrected chi connectivity index (χ2v) is 8.60. The van der Waals surface area contributed by atoms with E-state index in [1.807, 2.05) is 7.05 Å². The Bertz CT molecular complexity index is 576. The van der Waals surface area contributed by atoms with E-state index >= 15 is 0 Å². The van der Waals surface area contributed by atoms with Gasteiger partial charge < -0.3 is 10.6 Å². The lowest BCUT2D eigenvalue weighted by Gasteiger charge is -2.38. The van der Waals surface area contributed by atoms with Crippen molar-refractivity contribution in [2.75, 3.05) is 26.7 Å². The van der Waals surface area contributed by atoms with Crippen molar-refractivity contribution in [3.8, 4) is 0 Å². The summed E-state index contributed by atoms with van der Waals surface area (Å²) < 4.78 is 0. The highest BCUT2D eigenvalue weighted by molar-refractivity contribution is 5.79. The summed E-state index contributed by atoms with van der Waals surface area (Å²) in [5.41, 5.74) is 1.40. The molecule has 1 aliphatic rings. The lowest BCUT2D eigenvalue weighted by molar-refractivity contribution is 0.134. The number of benzene rings is 1. The largest absolute Gasteiger partial charge is 0.355 e. The van der Waals surface area contributed by atoms with Gasteiger partial charge in [-0.25, -0.2) is 0 Å². The second kappa shape index (κ2) is 11.4. The van der Waals surface area contributed by atoms with Crippen molar-refractivity contribution in [3.05, 3.63) is 35.9 Å². The van der Waals surface area contributed by atoms with E-state index < -0.39 is 0 Å². The molecule has 1 heterocycles. The third-order valence-electron chi connectivity index (χ3n) is 5.80. The van der Waals surface area contributed by atoms with Crippen LogP contribution in [0.25, 0.3) is 0 Å². The zero-order valence-corrected chi connectivity index (χ0v) is 18.8. The number of hydrogen-bond donors (Lipinski definition) is 2. The number of aliphatic imine (C=N–C) groups is 1. The van der Waals surface area contributed by atoms with Crippen LogP contribution in [0.5, 0.6) is 0 Å². The average molecular weight is 388 g/mol. The van der Waals surface area contributed by atoms with Gasteiger partial charge in [-0.05, 0) is 53.0 Å². The molecule has 0 spiro atoms. The predicted octanol–water partition coefficient (Wildman–Crippen LogP) is 3.32. The molecule has 0 bridgehead atoms. The molecule has 2 unspecified atom stereocenters. The summed E-state index contributed by atoms with van der Waals surface area (Å²) in [5.74, 6) is 0.932. The number of likely N-dealkylation sites (tertiary alicyclic amines) is 1. The minimum Gasteiger partial charge on any atom is -0.355 e. The van der Waals surface area contributed by atoms with Gasteiger partial charge in [0.15, 0.2) is 5.96 Å². The van der Waals surface area contributed by atoms with E-state index in [9.17, 15) is 0 Å². The normalized spacial score (nSPS) is 21.5. The summed E-state index contributed by atoms with van der Waals surface area (Å²) in [6.07, 6.45) is 2.31. The number of rotatable bonds is 8. The Balaban J connectivity index is 1.76. The van der Waals surface area contributed by atoms with E-state index in [0.717, 1.165) is 45.0 Å². The molecule has 0 radical (unpaired) electrons. The van der Waals surface area contributed by atoms with E-state index in [-0.39, 0.29) is 0 Å². The third-order valence-corrected chi connectivity index (χ3v) is 5.80. The Morgan fingerprint density at radius 2 is 1.86 bits per heavy atom. The van der Waals surface area contributed by atoms with Crippen molar-refractivity contribution < 1.29 is 0 Å². The van der Waals surface area contributed by atoms with Gasteiger partial charge in [-0.2, -0.15) is 0 Å². The molecule has 2 rings (SSSR count). The zero-order valence-electron chi connectivity index (χ0n) is 18.8. The first-order valence-corrected chi connectivity index (χ1v) is 10.9. The molecule has 158 valence electrons. The van der Waals surface area contributed by atoms with Crippen LogP contribution in [-0.4, -0.2) is 66.6 Å². The van der Waals surface area contributed by atoms with Crippen molar-refractivity contribution >= 4 is 5.96 Å². The maximum absolute atomic E-state index is 4.44. The molecule has 0 aliphatic carbocycles.